The van der Waals surface area contributed by atoms with Gasteiger partial charge in [-0.1, -0.05) is 45.0 Å². The summed E-state index contributed by atoms with van der Waals surface area (Å²) in [5.74, 6) is 0.609. The van der Waals surface area contributed by atoms with Gasteiger partial charge in [0.2, 0.25) is 0 Å². The summed E-state index contributed by atoms with van der Waals surface area (Å²) in [5, 5.41) is 10.2. The maximum atomic E-state index is 11.0. The molecule has 18 heavy (non-hydrogen) atoms. The van der Waals surface area contributed by atoms with Crippen molar-refractivity contribution in [2.45, 2.75) is 39.7 Å². The molecule has 1 aromatic carbocycles. The Labute approximate surface area is 108 Å². The minimum Gasteiger partial charge on any atom is -0.350 e. The maximum absolute atomic E-state index is 11.0. The minimum absolute atomic E-state index is 0.379. The van der Waals surface area contributed by atoms with Crippen LogP contribution < -0.4 is 5.73 Å². The van der Waals surface area contributed by atoms with Gasteiger partial charge in [0.1, 0.15) is 0 Å². The smallest absolute Gasteiger partial charge is 0.339 e. The van der Waals surface area contributed by atoms with E-state index >= 15 is 0 Å². The molecular formula is C14H22N2O2. The minimum atomic E-state index is -0.826. The highest BCUT2D eigenvalue weighted by Gasteiger charge is 2.19. The Kier molecular flexibility index (Phi) is 5.16. The number of nitrogens with zero attached hydrogens (tertiary/aromatic N) is 1. The van der Waals surface area contributed by atoms with Crippen LogP contribution in [0, 0.1) is 5.92 Å². The molecule has 1 atom stereocenters. The molecule has 100 valence electrons. The zero-order valence-electron chi connectivity index (χ0n) is 11.3. The monoisotopic (exact) mass is 250 g/mol. The lowest BCUT2D eigenvalue weighted by Crippen LogP contribution is -2.35. The zero-order chi connectivity index (χ0) is 13.7. The van der Waals surface area contributed by atoms with Crippen LogP contribution in [-0.4, -0.2) is 16.3 Å². The van der Waals surface area contributed by atoms with E-state index in [0.29, 0.717) is 17.4 Å². The van der Waals surface area contributed by atoms with Gasteiger partial charge in [-0.25, -0.2) is 4.79 Å². The lowest BCUT2D eigenvalue weighted by atomic mass is 9.98. The Morgan fingerprint density at radius 3 is 2.28 bits per heavy atom. The molecule has 0 spiro atoms. The third-order valence-corrected chi connectivity index (χ3v) is 2.92. The summed E-state index contributed by atoms with van der Waals surface area (Å²) in [6.07, 6.45) is 1.64. The highest BCUT2D eigenvalue weighted by atomic mass is 16.5. The van der Waals surface area contributed by atoms with E-state index in [1.165, 1.54) is 5.56 Å². The second-order valence-electron chi connectivity index (χ2n) is 4.95. The highest BCUT2D eigenvalue weighted by molar-refractivity contribution is 5.71. The number of primary amides is 1. The Hall–Kier alpha value is -1.55. The maximum Gasteiger partial charge on any atom is 0.339 e. The fourth-order valence-corrected chi connectivity index (χ4v) is 2.05. The van der Waals surface area contributed by atoms with Crippen LogP contribution in [0.5, 0.6) is 0 Å². The van der Waals surface area contributed by atoms with Crippen molar-refractivity contribution in [1.82, 2.24) is 5.06 Å². The molecule has 3 N–H and O–H groups in total. The molecule has 4 nitrogen and oxygen atoms in total. The normalized spacial score (nSPS) is 12.5. The van der Waals surface area contributed by atoms with Crippen LogP contribution in [0.2, 0.25) is 0 Å². The molecule has 0 saturated heterocycles. The summed E-state index contributed by atoms with van der Waals surface area (Å²) < 4.78 is 0. The fourth-order valence-electron chi connectivity index (χ4n) is 2.05. The summed E-state index contributed by atoms with van der Waals surface area (Å²) in [4.78, 5) is 11.0. The van der Waals surface area contributed by atoms with Crippen LogP contribution in [0.15, 0.2) is 24.3 Å². The van der Waals surface area contributed by atoms with Gasteiger partial charge in [-0.05, 0) is 29.9 Å². The Morgan fingerprint density at radius 2 is 1.89 bits per heavy atom. The topological polar surface area (TPSA) is 66.6 Å². The van der Waals surface area contributed by atoms with Crippen LogP contribution in [0.4, 0.5) is 4.79 Å². The molecule has 0 fully saturated rings. The Bertz CT molecular complexity index is 387. The van der Waals surface area contributed by atoms with Crippen molar-refractivity contribution in [2.75, 3.05) is 0 Å². The van der Waals surface area contributed by atoms with Crippen molar-refractivity contribution in [1.29, 1.82) is 0 Å². The number of carbonyl (C=O) groups excluding carboxylic acids is 1. The van der Waals surface area contributed by atoms with Crippen molar-refractivity contribution < 1.29 is 10.0 Å². The molecular weight excluding hydrogens is 228 g/mol. The van der Waals surface area contributed by atoms with Gasteiger partial charge in [0.15, 0.2) is 0 Å². The molecule has 0 saturated carbocycles. The van der Waals surface area contributed by atoms with E-state index in [1.807, 2.05) is 31.2 Å². The number of benzene rings is 1. The Morgan fingerprint density at radius 1 is 1.33 bits per heavy atom. The number of hydrogen-bond acceptors (Lipinski definition) is 2. The van der Waals surface area contributed by atoms with Gasteiger partial charge >= 0.3 is 6.03 Å². The lowest BCUT2D eigenvalue weighted by molar-refractivity contribution is -0.0774. The predicted molar refractivity (Wildman–Crippen MR) is 71.2 cm³/mol. The summed E-state index contributed by atoms with van der Waals surface area (Å²) in [7, 11) is 0. The number of hydrogen-bond donors (Lipinski definition) is 2. The van der Waals surface area contributed by atoms with Gasteiger partial charge in [-0.2, -0.15) is 5.06 Å². The van der Waals surface area contributed by atoms with Crippen LogP contribution in [0.1, 0.15) is 44.4 Å². The third-order valence-electron chi connectivity index (χ3n) is 2.92. The van der Waals surface area contributed by atoms with E-state index in [1.54, 1.807) is 0 Å². The molecule has 0 aliphatic carbocycles. The molecule has 0 heterocycles. The van der Waals surface area contributed by atoms with E-state index in [9.17, 15) is 10.0 Å². The van der Waals surface area contributed by atoms with Crippen LogP contribution in [0.3, 0.4) is 0 Å². The molecule has 1 aromatic rings. The molecule has 2 amide bonds. The van der Waals surface area contributed by atoms with E-state index < -0.39 is 6.03 Å². The molecule has 1 rings (SSSR count). The average Bonchev–Trinajstić information content (AvgIpc) is 2.31. The number of nitrogens with two attached hydrogens (primary N) is 1. The first-order chi connectivity index (χ1) is 8.45. The standard InChI is InChI=1S/C14H22N2O2/c1-4-13(16(18)14(15)17)12-7-5-11(6-8-12)9-10(2)3/h5-8,10,13,18H,4,9H2,1-3H3,(H2,15,17). The van der Waals surface area contributed by atoms with Gasteiger partial charge in [-0.15, -0.1) is 0 Å². The lowest BCUT2D eigenvalue weighted by Gasteiger charge is -2.23. The number of rotatable bonds is 5. The molecule has 0 aromatic heterocycles. The quantitative estimate of drug-likeness (QED) is 0.623. The number of urea groups is 1. The van der Waals surface area contributed by atoms with Crippen molar-refractivity contribution in [2.24, 2.45) is 11.7 Å². The second kappa shape index (κ2) is 6.40. The van der Waals surface area contributed by atoms with E-state index in [-0.39, 0.29) is 6.04 Å². The largest absolute Gasteiger partial charge is 0.350 e. The first kappa shape index (κ1) is 14.5. The third kappa shape index (κ3) is 3.74. The molecule has 0 radical (unpaired) electrons. The summed E-state index contributed by atoms with van der Waals surface area (Å²) in [6, 6.07) is 6.75. The zero-order valence-corrected chi connectivity index (χ0v) is 11.3. The first-order valence-electron chi connectivity index (χ1n) is 6.32. The Balaban J connectivity index is 2.85. The van der Waals surface area contributed by atoms with Crippen molar-refractivity contribution >= 4 is 6.03 Å². The van der Waals surface area contributed by atoms with E-state index in [2.05, 4.69) is 13.8 Å². The van der Waals surface area contributed by atoms with E-state index in [0.717, 1.165) is 12.0 Å². The van der Waals surface area contributed by atoms with Gasteiger partial charge in [0, 0.05) is 0 Å². The van der Waals surface area contributed by atoms with Gasteiger partial charge in [0.25, 0.3) is 0 Å². The van der Waals surface area contributed by atoms with Crippen molar-refractivity contribution in [3.05, 3.63) is 35.4 Å². The van der Waals surface area contributed by atoms with Crippen LogP contribution in [0.25, 0.3) is 0 Å². The number of amides is 2. The molecule has 0 aliphatic heterocycles. The fraction of sp³-hybridized carbons (Fsp3) is 0.500. The van der Waals surface area contributed by atoms with Crippen LogP contribution in [-0.2, 0) is 6.42 Å². The molecule has 1 unspecified atom stereocenters. The SMILES string of the molecule is CCC(c1ccc(CC(C)C)cc1)N(O)C(N)=O. The average molecular weight is 250 g/mol. The van der Waals surface area contributed by atoms with Gasteiger partial charge in [0.05, 0.1) is 6.04 Å². The number of hydroxylamine groups is 2. The van der Waals surface area contributed by atoms with Crippen molar-refractivity contribution in [3.8, 4) is 0 Å². The molecule has 0 bridgehead atoms. The van der Waals surface area contributed by atoms with Crippen LogP contribution >= 0.6 is 0 Å². The van der Waals surface area contributed by atoms with Gasteiger partial charge < -0.3 is 5.73 Å². The summed E-state index contributed by atoms with van der Waals surface area (Å²) in [5.41, 5.74) is 7.23. The highest BCUT2D eigenvalue weighted by Crippen LogP contribution is 2.23. The predicted octanol–water partition coefficient (Wildman–Crippen LogP) is 3.11. The van der Waals surface area contributed by atoms with Crippen molar-refractivity contribution in [3.63, 3.8) is 0 Å². The molecule has 0 aliphatic rings. The van der Waals surface area contributed by atoms with Gasteiger partial charge in [-0.3, -0.25) is 5.21 Å². The number of carbonyl (C=O) groups is 1. The molecule has 4 heteroatoms. The first-order valence-corrected chi connectivity index (χ1v) is 6.32. The summed E-state index contributed by atoms with van der Waals surface area (Å²) >= 11 is 0. The summed E-state index contributed by atoms with van der Waals surface area (Å²) in [6.45, 7) is 6.25. The van der Waals surface area contributed by atoms with E-state index in [4.69, 9.17) is 5.73 Å². The second-order valence-corrected chi connectivity index (χ2v) is 4.95.